The van der Waals surface area contributed by atoms with Gasteiger partial charge in [0.2, 0.25) is 5.91 Å². The Morgan fingerprint density at radius 1 is 1.47 bits per heavy atom. The van der Waals surface area contributed by atoms with Crippen molar-refractivity contribution in [2.45, 2.75) is 37.4 Å². The van der Waals surface area contributed by atoms with E-state index in [9.17, 15) is 14.4 Å². The molecule has 3 amide bonds. The number of primary amides is 1. The highest BCUT2D eigenvalue weighted by Gasteiger charge is 2.62. The molecule has 1 spiro atoms. The van der Waals surface area contributed by atoms with Gasteiger partial charge in [-0.1, -0.05) is 0 Å². The predicted molar refractivity (Wildman–Crippen MR) is 65.0 cm³/mol. The molecule has 0 aromatic rings. The Bertz CT molecular complexity index is 438. The molecule has 0 aromatic heterocycles. The summed E-state index contributed by atoms with van der Waals surface area (Å²) in [6.07, 6.45) is 0.0200. The lowest BCUT2D eigenvalue weighted by Gasteiger charge is -2.52. The molecule has 3 unspecified atom stereocenters. The molecule has 2 fully saturated rings. The highest BCUT2D eigenvalue weighted by molar-refractivity contribution is 5.99. The molecule has 8 heteroatoms. The molecule has 0 saturated carbocycles. The van der Waals surface area contributed by atoms with Crippen LogP contribution in [0.1, 0.15) is 19.8 Å². The second-order valence-electron chi connectivity index (χ2n) is 5.21. The van der Waals surface area contributed by atoms with Crippen LogP contribution in [0.4, 0.5) is 4.79 Å². The average molecular weight is 270 g/mol. The van der Waals surface area contributed by atoms with Crippen LogP contribution in [-0.2, 0) is 9.59 Å². The third-order valence-corrected chi connectivity index (χ3v) is 3.94. The summed E-state index contributed by atoms with van der Waals surface area (Å²) in [5, 5.41) is 9.11. The van der Waals surface area contributed by atoms with E-state index in [4.69, 9.17) is 16.6 Å². The van der Waals surface area contributed by atoms with Crippen molar-refractivity contribution in [3.05, 3.63) is 0 Å². The van der Waals surface area contributed by atoms with Crippen molar-refractivity contribution in [2.75, 3.05) is 13.1 Å². The average Bonchev–Trinajstić information content (AvgIpc) is 2.74. The van der Waals surface area contributed by atoms with Crippen LogP contribution in [0, 0.1) is 0 Å². The maximum absolute atomic E-state index is 12.3. The number of β-lactam (4-membered cyclic amide) rings is 1. The lowest BCUT2D eigenvalue weighted by molar-refractivity contribution is -0.166. The molecule has 2 aliphatic rings. The van der Waals surface area contributed by atoms with Crippen molar-refractivity contribution in [1.29, 1.82) is 0 Å². The molecule has 0 radical (unpaired) electrons. The summed E-state index contributed by atoms with van der Waals surface area (Å²) in [5.41, 5.74) is 9.91. The zero-order chi connectivity index (χ0) is 14.4. The Hall–Kier alpha value is -1.83. The number of hydrogen-bond acceptors (Lipinski definition) is 4. The van der Waals surface area contributed by atoms with E-state index in [1.54, 1.807) is 6.92 Å². The van der Waals surface area contributed by atoms with Crippen molar-refractivity contribution in [3.8, 4) is 0 Å². The van der Waals surface area contributed by atoms with Gasteiger partial charge in [0.1, 0.15) is 11.6 Å². The van der Waals surface area contributed by atoms with E-state index in [2.05, 4.69) is 0 Å². The van der Waals surface area contributed by atoms with Gasteiger partial charge >= 0.3 is 6.09 Å². The number of nitrogens with zero attached hydrogens (tertiary/aromatic N) is 2. The Balaban J connectivity index is 2.19. The fourth-order valence-corrected chi connectivity index (χ4v) is 3.06. The highest BCUT2D eigenvalue weighted by atomic mass is 16.4. The third kappa shape index (κ3) is 1.83. The molecular formula is C11H18N4O4. The normalized spacial score (nSPS) is 29.3. The topological polar surface area (TPSA) is 130 Å². The number of carbonyl (C=O) groups is 3. The second-order valence-corrected chi connectivity index (χ2v) is 5.21. The number of likely N-dealkylation sites (tertiary alicyclic amines) is 2. The van der Waals surface area contributed by atoms with Gasteiger partial charge in [-0.05, 0) is 19.8 Å². The molecular weight excluding hydrogens is 252 g/mol. The van der Waals surface area contributed by atoms with Crippen molar-refractivity contribution in [3.63, 3.8) is 0 Å². The summed E-state index contributed by atoms with van der Waals surface area (Å²) in [7, 11) is 0. The van der Waals surface area contributed by atoms with Crippen LogP contribution in [0.15, 0.2) is 0 Å². The zero-order valence-electron chi connectivity index (χ0n) is 10.7. The molecule has 8 nitrogen and oxygen atoms in total. The molecule has 0 bridgehead atoms. The second kappa shape index (κ2) is 4.37. The largest absolute Gasteiger partial charge is 0.465 e. The maximum Gasteiger partial charge on any atom is 0.408 e. The monoisotopic (exact) mass is 270 g/mol. The molecule has 0 aliphatic carbocycles. The predicted octanol–water partition coefficient (Wildman–Crippen LogP) is -1.46. The van der Waals surface area contributed by atoms with Gasteiger partial charge in [-0.25, -0.2) is 4.79 Å². The quantitative estimate of drug-likeness (QED) is 0.540. The van der Waals surface area contributed by atoms with Crippen molar-refractivity contribution >= 4 is 17.9 Å². The van der Waals surface area contributed by atoms with Gasteiger partial charge in [0.25, 0.3) is 5.91 Å². The lowest BCUT2D eigenvalue weighted by Crippen LogP contribution is -2.77. The van der Waals surface area contributed by atoms with Crippen LogP contribution in [0.3, 0.4) is 0 Å². The Kier molecular flexibility index (Phi) is 3.13. The first-order valence-electron chi connectivity index (χ1n) is 6.18. The van der Waals surface area contributed by atoms with E-state index in [-0.39, 0.29) is 12.5 Å². The molecule has 0 aromatic carbocycles. The Morgan fingerprint density at radius 2 is 2.11 bits per heavy atom. The lowest BCUT2D eigenvalue weighted by atomic mass is 9.83. The molecule has 2 aliphatic heterocycles. The Morgan fingerprint density at radius 3 is 2.53 bits per heavy atom. The van der Waals surface area contributed by atoms with E-state index in [1.807, 2.05) is 0 Å². The van der Waals surface area contributed by atoms with E-state index in [0.717, 1.165) is 4.90 Å². The first kappa shape index (κ1) is 13.6. The molecule has 2 heterocycles. The summed E-state index contributed by atoms with van der Waals surface area (Å²) in [6, 6.07) is -1.46. The van der Waals surface area contributed by atoms with Gasteiger partial charge in [0.15, 0.2) is 0 Å². The minimum atomic E-state index is -1.11. The van der Waals surface area contributed by atoms with E-state index >= 15 is 0 Å². The van der Waals surface area contributed by atoms with Gasteiger partial charge < -0.3 is 21.5 Å². The van der Waals surface area contributed by atoms with Crippen molar-refractivity contribution in [1.82, 2.24) is 9.80 Å². The number of carboxylic acid groups (broad SMARTS) is 1. The van der Waals surface area contributed by atoms with Crippen LogP contribution in [-0.4, -0.2) is 63.5 Å². The molecule has 2 saturated heterocycles. The van der Waals surface area contributed by atoms with Gasteiger partial charge in [0, 0.05) is 12.6 Å². The fraction of sp³-hybridized carbons (Fsp3) is 0.727. The zero-order valence-corrected chi connectivity index (χ0v) is 10.7. The van der Waals surface area contributed by atoms with E-state index < -0.39 is 29.6 Å². The standard InChI is InChI=1S/C11H18N4O4/c1-6(12)7(8(13)16)14-5-11(9(14)17)3-2-4-15(11)10(18)19/h6-7H,2-5,12H2,1H3,(H2,13,16)(H,18,19). The van der Waals surface area contributed by atoms with Crippen molar-refractivity contribution in [2.24, 2.45) is 11.5 Å². The fourth-order valence-electron chi connectivity index (χ4n) is 3.06. The van der Waals surface area contributed by atoms with Crippen LogP contribution in [0.25, 0.3) is 0 Å². The first-order chi connectivity index (χ1) is 8.81. The minimum absolute atomic E-state index is 0.188. The number of rotatable bonds is 3. The van der Waals surface area contributed by atoms with Gasteiger partial charge in [-0.3, -0.25) is 14.5 Å². The third-order valence-electron chi connectivity index (χ3n) is 3.94. The summed E-state index contributed by atoms with van der Waals surface area (Å²) in [5.74, 6) is -1.04. The Labute approximate surface area is 110 Å². The van der Waals surface area contributed by atoms with Crippen LogP contribution >= 0.6 is 0 Å². The summed E-state index contributed by atoms with van der Waals surface area (Å²) >= 11 is 0. The summed E-state index contributed by atoms with van der Waals surface area (Å²) < 4.78 is 0. The SMILES string of the molecule is CC(N)C(C(N)=O)N1CC2(CCCN2C(=O)O)C1=O. The first-order valence-corrected chi connectivity index (χ1v) is 6.18. The van der Waals surface area contributed by atoms with Gasteiger partial charge in [0.05, 0.1) is 6.54 Å². The molecule has 5 N–H and O–H groups in total. The number of hydrogen-bond donors (Lipinski definition) is 3. The smallest absolute Gasteiger partial charge is 0.408 e. The van der Waals surface area contributed by atoms with E-state index in [1.165, 1.54) is 4.90 Å². The molecule has 106 valence electrons. The number of nitrogens with two attached hydrogens (primary N) is 2. The van der Waals surface area contributed by atoms with E-state index in [0.29, 0.717) is 19.4 Å². The molecule has 3 atom stereocenters. The van der Waals surface area contributed by atoms with Crippen LogP contribution < -0.4 is 11.5 Å². The van der Waals surface area contributed by atoms with Crippen LogP contribution in [0.5, 0.6) is 0 Å². The summed E-state index contributed by atoms with van der Waals surface area (Å²) in [6.45, 7) is 2.12. The van der Waals surface area contributed by atoms with Gasteiger partial charge in [-0.2, -0.15) is 0 Å². The number of carbonyl (C=O) groups excluding carboxylic acids is 2. The summed E-state index contributed by atoms with van der Waals surface area (Å²) in [4.78, 5) is 37.2. The van der Waals surface area contributed by atoms with Crippen LogP contribution in [0.2, 0.25) is 0 Å². The number of amides is 3. The minimum Gasteiger partial charge on any atom is -0.465 e. The van der Waals surface area contributed by atoms with Crippen molar-refractivity contribution < 1.29 is 19.5 Å². The molecule has 2 rings (SSSR count). The van der Waals surface area contributed by atoms with Gasteiger partial charge in [-0.15, -0.1) is 0 Å². The highest BCUT2D eigenvalue weighted by Crippen LogP contribution is 2.40. The maximum atomic E-state index is 12.3. The molecule has 19 heavy (non-hydrogen) atoms.